The molecule has 1 heterocycles. The molecule has 4 nitrogen and oxygen atoms in total. The van der Waals surface area contributed by atoms with Crippen LogP contribution in [0.25, 0.3) is 0 Å². The molecule has 1 aliphatic rings. The minimum Gasteiger partial charge on any atom is -0.330 e. The monoisotopic (exact) mass is 270 g/mol. The molecule has 0 bridgehead atoms. The van der Waals surface area contributed by atoms with Crippen molar-refractivity contribution in [2.45, 2.75) is 39.2 Å². The van der Waals surface area contributed by atoms with Crippen LogP contribution in [0.15, 0.2) is 30.6 Å². The molecule has 2 N–H and O–H groups in total. The summed E-state index contributed by atoms with van der Waals surface area (Å²) in [6.45, 7) is 4.96. The summed E-state index contributed by atoms with van der Waals surface area (Å²) in [5.74, 6) is 1.05. The van der Waals surface area contributed by atoms with E-state index in [-0.39, 0.29) is 5.41 Å². The van der Waals surface area contributed by atoms with Crippen LogP contribution < -0.4 is 5.73 Å². The van der Waals surface area contributed by atoms with E-state index in [0.717, 1.165) is 25.1 Å². The van der Waals surface area contributed by atoms with Crippen LogP contribution in [-0.4, -0.2) is 21.3 Å². The molecule has 0 radical (unpaired) electrons. The van der Waals surface area contributed by atoms with Gasteiger partial charge in [0.2, 0.25) is 0 Å². The summed E-state index contributed by atoms with van der Waals surface area (Å²) >= 11 is 0. The van der Waals surface area contributed by atoms with Gasteiger partial charge in [0.1, 0.15) is 12.2 Å². The summed E-state index contributed by atoms with van der Waals surface area (Å²) in [5.41, 5.74) is 9.11. The Bertz CT molecular complexity index is 575. The summed E-state index contributed by atoms with van der Waals surface area (Å²) in [6.07, 6.45) is 4.65. The van der Waals surface area contributed by atoms with Gasteiger partial charge in [0, 0.05) is 12.5 Å². The molecule has 1 aliphatic carbocycles. The third kappa shape index (κ3) is 2.24. The molecule has 2 aromatic rings. The van der Waals surface area contributed by atoms with E-state index in [2.05, 4.69) is 48.2 Å². The molecule has 0 aliphatic heterocycles. The van der Waals surface area contributed by atoms with Gasteiger partial charge in [-0.15, -0.1) is 0 Å². The molecular formula is C16H22N4. The number of hydrogen-bond acceptors (Lipinski definition) is 3. The molecule has 4 heteroatoms. The van der Waals surface area contributed by atoms with E-state index in [0.29, 0.717) is 12.6 Å². The predicted molar refractivity (Wildman–Crippen MR) is 79.4 cm³/mol. The number of hydrogen-bond donors (Lipinski definition) is 1. The zero-order chi connectivity index (χ0) is 14.2. The number of rotatable bonds is 4. The Kier molecular flexibility index (Phi) is 3.34. The van der Waals surface area contributed by atoms with E-state index in [1.165, 1.54) is 11.1 Å². The van der Waals surface area contributed by atoms with Crippen LogP contribution in [0.2, 0.25) is 0 Å². The fourth-order valence-electron chi connectivity index (χ4n) is 3.28. The molecule has 1 aromatic heterocycles. The van der Waals surface area contributed by atoms with E-state index >= 15 is 0 Å². The van der Waals surface area contributed by atoms with Gasteiger partial charge in [0.15, 0.2) is 0 Å². The van der Waals surface area contributed by atoms with Crippen LogP contribution in [0.4, 0.5) is 0 Å². The predicted octanol–water partition coefficient (Wildman–Crippen LogP) is 2.15. The second kappa shape index (κ2) is 5.02. The van der Waals surface area contributed by atoms with Gasteiger partial charge in [-0.3, -0.25) is 0 Å². The third-order valence-corrected chi connectivity index (χ3v) is 4.35. The Morgan fingerprint density at radius 2 is 1.90 bits per heavy atom. The smallest absolute Gasteiger partial charge is 0.138 e. The Morgan fingerprint density at radius 1 is 1.25 bits per heavy atom. The Balaban J connectivity index is 1.87. The maximum Gasteiger partial charge on any atom is 0.138 e. The first-order valence-corrected chi connectivity index (χ1v) is 7.29. The molecule has 0 atom stereocenters. The fraction of sp³-hybridized carbons (Fsp3) is 0.500. The van der Waals surface area contributed by atoms with Crippen molar-refractivity contribution in [1.82, 2.24) is 14.8 Å². The number of nitrogens with zero attached hydrogens (tertiary/aromatic N) is 3. The first-order chi connectivity index (χ1) is 9.63. The first kappa shape index (κ1) is 13.3. The lowest BCUT2D eigenvalue weighted by Crippen LogP contribution is -2.35. The zero-order valence-corrected chi connectivity index (χ0v) is 12.2. The van der Waals surface area contributed by atoms with Crippen LogP contribution >= 0.6 is 0 Å². The normalized spacial score (nSPS) is 16.6. The topological polar surface area (TPSA) is 56.7 Å². The SMILES string of the molecule is CC(C)n1ncnc1CC1(CN)Cc2ccccc2C1. The summed E-state index contributed by atoms with van der Waals surface area (Å²) in [4.78, 5) is 4.45. The quantitative estimate of drug-likeness (QED) is 0.926. The van der Waals surface area contributed by atoms with E-state index in [1.54, 1.807) is 6.33 Å². The third-order valence-electron chi connectivity index (χ3n) is 4.35. The lowest BCUT2D eigenvalue weighted by molar-refractivity contribution is 0.298. The molecule has 0 fully saturated rings. The average Bonchev–Trinajstić information content (AvgIpc) is 3.03. The molecule has 106 valence electrons. The lowest BCUT2D eigenvalue weighted by Gasteiger charge is -2.27. The molecular weight excluding hydrogens is 248 g/mol. The van der Waals surface area contributed by atoms with E-state index < -0.39 is 0 Å². The Hall–Kier alpha value is -1.68. The summed E-state index contributed by atoms with van der Waals surface area (Å²) in [7, 11) is 0. The number of nitrogens with two attached hydrogens (primary N) is 1. The minimum absolute atomic E-state index is 0.101. The standard InChI is InChI=1S/C16H22N4/c1-12(2)20-15(18-11-19-20)9-16(10-17)7-13-5-3-4-6-14(13)8-16/h3-6,11-12H,7-10,17H2,1-2H3. The summed E-state index contributed by atoms with van der Waals surface area (Å²) in [6, 6.07) is 9.01. The summed E-state index contributed by atoms with van der Waals surface area (Å²) in [5, 5.41) is 4.34. The molecule has 0 saturated heterocycles. The van der Waals surface area contributed by atoms with Gasteiger partial charge < -0.3 is 5.73 Å². The van der Waals surface area contributed by atoms with Crippen molar-refractivity contribution in [3.63, 3.8) is 0 Å². The van der Waals surface area contributed by atoms with Crippen molar-refractivity contribution in [3.8, 4) is 0 Å². The van der Waals surface area contributed by atoms with Gasteiger partial charge in [-0.2, -0.15) is 5.10 Å². The molecule has 1 aromatic carbocycles. The van der Waals surface area contributed by atoms with Crippen LogP contribution in [0.3, 0.4) is 0 Å². The molecule has 20 heavy (non-hydrogen) atoms. The second-order valence-electron chi connectivity index (χ2n) is 6.22. The van der Waals surface area contributed by atoms with Crippen LogP contribution in [0.5, 0.6) is 0 Å². The fourth-order valence-corrected chi connectivity index (χ4v) is 3.28. The second-order valence-corrected chi connectivity index (χ2v) is 6.22. The van der Waals surface area contributed by atoms with E-state index in [1.807, 2.05) is 4.68 Å². The van der Waals surface area contributed by atoms with Gasteiger partial charge in [-0.1, -0.05) is 24.3 Å². The average molecular weight is 270 g/mol. The zero-order valence-electron chi connectivity index (χ0n) is 12.2. The van der Waals surface area contributed by atoms with Crippen molar-refractivity contribution >= 4 is 0 Å². The first-order valence-electron chi connectivity index (χ1n) is 7.29. The Morgan fingerprint density at radius 3 is 2.45 bits per heavy atom. The number of benzene rings is 1. The van der Waals surface area contributed by atoms with E-state index in [9.17, 15) is 0 Å². The van der Waals surface area contributed by atoms with Crippen molar-refractivity contribution in [3.05, 3.63) is 47.5 Å². The molecule has 3 rings (SSSR count). The van der Waals surface area contributed by atoms with Gasteiger partial charge >= 0.3 is 0 Å². The van der Waals surface area contributed by atoms with Crippen molar-refractivity contribution in [1.29, 1.82) is 0 Å². The minimum atomic E-state index is 0.101. The van der Waals surface area contributed by atoms with Crippen LogP contribution in [0, 0.1) is 5.41 Å². The molecule has 0 spiro atoms. The highest BCUT2D eigenvalue weighted by Gasteiger charge is 2.37. The molecule has 0 unspecified atom stereocenters. The highest BCUT2D eigenvalue weighted by Crippen LogP contribution is 2.38. The Labute approximate surface area is 120 Å². The van der Waals surface area contributed by atoms with Gasteiger partial charge in [-0.25, -0.2) is 9.67 Å². The number of aromatic nitrogens is 3. The maximum absolute atomic E-state index is 6.13. The van der Waals surface area contributed by atoms with Crippen LogP contribution in [0.1, 0.15) is 36.8 Å². The van der Waals surface area contributed by atoms with Gasteiger partial charge in [0.25, 0.3) is 0 Å². The van der Waals surface area contributed by atoms with Crippen molar-refractivity contribution in [2.24, 2.45) is 11.1 Å². The largest absolute Gasteiger partial charge is 0.330 e. The highest BCUT2D eigenvalue weighted by molar-refractivity contribution is 5.35. The lowest BCUT2D eigenvalue weighted by atomic mass is 9.81. The van der Waals surface area contributed by atoms with E-state index in [4.69, 9.17) is 5.73 Å². The number of fused-ring (bicyclic) bond motifs is 1. The highest BCUT2D eigenvalue weighted by atomic mass is 15.3. The summed E-state index contributed by atoms with van der Waals surface area (Å²) < 4.78 is 2.01. The van der Waals surface area contributed by atoms with Gasteiger partial charge in [0.05, 0.1) is 0 Å². The molecule has 0 amide bonds. The molecule has 0 saturated carbocycles. The van der Waals surface area contributed by atoms with Crippen LogP contribution in [-0.2, 0) is 19.3 Å². The van der Waals surface area contributed by atoms with Gasteiger partial charge in [-0.05, 0) is 49.8 Å². The maximum atomic E-state index is 6.13. The van der Waals surface area contributed by atoms with Crippen molar-refractivity contribution in [2.75, 3.05) is 6.54 Å². The van der Waals surface area contributed by atoms with Crippen molar-refractivity contribution < 1.29 is 0 Å².